The molecule has 8 heteroatoms. The van der Waals surface area contributed by atoms with Gasteiger partial charge in [0.15, 0.2) is 0 Å². The monoisotopic (exact) mass is 461 g/mol. The number of ether oxygens (including phenoxy) is 1. The summed E-state index contributed by atoms with van der Waals surface area (Å²) in [5, 5.41) is 3.49. The Morgan fingerprint density at radius 3 is 2.31 bits per heavy atom. The molecule has 2 atom stereocenters. The van der Waals surface area contributed by atoms with Gasteiger partial charge < -0.3 is 10.1 Å². The van der Waals surface area contributed by atoms with Gasteiger partial charge in [-0.1, -0.05) is 41.9 Å². The second kappa shape index (κ2) is 11.4. The van der Waals surface area contributed by atoms with Crippen molar-refractivity contribution in [2.24, 2.45) is 0 Å². The fraction of sp³-hybridized carbons (Fsp3) is 0.417. The molecule has 2 aromatic carbocycles. The molecule has 3 rings (SSSR count). The average molecular weight is 462 g/mol. The maximum atomic E-state index is 13.0. The predicted octanol–water partition coefficient (Wildman–Crippen LogP) is 3.06. The maximum Gasteiger partial charge on any atom is 0.327 e. The van der Waals surface area contributed by atoms with E-state index in [0.29, 0.717) is 44.2 Å². The Morgan fingerprint density at radius 2 is 1.69 bits per heavy atom. The van der Waals surface area contributed by atoms with E-state index < -0.39 is 6.04 Å². The van der Waals surface area contributed by atoms with E-state index in [4.69, 9.17) is 16.3 Å². The van der Waals surface area contributed by atoms with Gasteiger partial charge in [-0.05, 0) is 42.7 Å². The van der Waals surface area contributed by atoms with Crippen LogP contribution in [0.5, 0.6) is 0 Å². The molecular weight excluding hydrogens is 433 g/mol. The summed E-state index contributed by atoms with van der Waals surface area (Å²) in [5.41, 5.74) is 1.70. The van der Waals surface area contributed by atoms with Crippen LogP contribution >= 0.6 is 11.6 Å². The SMILES string of the molecule is COC(=O)C(c1ccccc1Cl)N1CCN(C(C)C(=O)NCCc2ccc(F)cc2)CC1. The van der Waals surface area contributed by atoms with Crippen molar-refractivity contribution >= 4 is 23.5 Å². The zero-order chi connectivity index (χ0) is 23.1. The summed E-state index contributed by atoms with van der Waals surface area (Å²) in [4.78, 5) is 29.3. The Labute approximate surface area is 193 Å². The summed E-state index contributed by atoms with van der Waals surface area (Å²) in [6.07, 6.45) is 0.644. The van der Waals surface area contributed by atoms with Crippen LogP contribution in [-0.2, 0) is 20.7 Å². The van der Waals surface area contributed by atoms with Crippen molar-refractivity contribution in [3.63, 3.8) is 0 Å². The molecule has 1 fully saturated rings. The van der Waals surface area contributed by atoms with E-state index >= 15 is 0 Å². The topological polar surface area (TPSA) is 61.9 Å². The molecule has 32 heavy (non-hydrogen) atoms. The van der Waals surface area contributed by atoms with E-state index in [0.717, 1.165) is 11.1 Å². The van der Waals surface area contributed by atoms with Crippen molar-refractivity contribution in [1.82, 2.24) is 15.1 Å². The van der Waals surface area contributed by atoms with Crippen LogP contribution in [0.4, 0.5) is 4.39 Å². The summed E-state index contributed by atoms with van der Waals surface area (Å²) < 4.78 is 18.0. The second-order valence-corrected chi connectivity index (χ2v) is 8.27. The fourth-order valence-electron chi connectivity index (χ4n) is 3.96. The number of carbonyl (C=O) groups is 2. The summed E-state index contributed by atoms with van der Waals surface area (Å²) in [6.45, 7) is 4.88. The van der Waals surface area contributed by atoms with Crippen LogP contribution in [0.3, 0.4) is 0 Å². The molecule has 1 N–H and O–H groups in total. The summed E-state index contributed by atoms with van der Waals surface area (Å²) >= 11 is 6.34. The van der Waals surface area contributed by atoms with E-state index in [1.165, 1.54) is 19.2 Å². The third-order valence-corrected chi connectivity index (χ3v) is 6.24. The second-order valence-electron chi connectivity index (χ2n) is 7.86. The highest BCUT2D eigenvalue weighted by Crippen LogP contribution is 2.29. The Kier molecular flexibility index (Phi) is 8.61. The van der Waals surface area contributed by atoms with Crippen molar-refractivity contribution in [2.75, 3.05) is 39.8 Å². The van der Waals surface area contributed by atoms with Crippen molar-refractivity contribution in [3.05, 3.63) is 70.5 Å². The van der Waals surface area contributed by atoms with Crippen LogP contribution in [0.2, 0.25) is 5.02 Å². The minimum atomic E-state index is -0.573. The molecule has 1 aliphatic heterocycles. The molecule has 0 aliphatic carbocycles. The van der Waals surface area contributed by atoms with E-state index in [1.807, 2.05) is 30.0 Å². The predicted molar refractivity (Wildman–Crippen MR) is 122 cm³/mol. The molecule has 1 saturated heterocycles. The number of nitrogens with zero attached hydrogens (tertiary/aromatic N) is 2. The number of halogens is 2. The summed E-state index contributed by atoms with van der Waals surface area (Å²) in [7, 11) is 1.38. The van der Waals surface area contributed by atoms with E-state index in [-0.39, 0.29) is 23.7 Å². The van der Waals surface area contributed by atoms with Crippen molar-refractivity contribution in [1.29, 1.82) is 0 Å². The minimum Gasteiger partial charge on any atom is -0.468 e. The van der Waals surface area contributed by atoms with Gasteiger partial charge in [0.1, 0.15) is 11.9 Å². The van der Waals surface area contributed by atoms with Crippen LogP contribution < -0.4 is 5.32 Å². The Hall–Kier alpha value is -2.48. The molecule has 2 aromatic rings. The van der Waals surface area contributed by atoms with Crippen LogP contribution in [0.25, 0.3) is 0 Å². The Bertz CT molecular complexity index is 917. The van der Waals surface area contributed by atoms with E-state index in [1.54, 1.807) is 18.2 Å². The first kappa shape index (κ1) is 24.2. The van der Waals surface area contributed by atoms with Crippen molar-refractivity contribution < 1.29 is 18.7 Å². The molecule has 0 spiro atoms. The smallest absolute Gasteiger partial charge is 0.327 e. The molecule has 0 bridgehead atoms. The highest BCUT2D eigenvalue weighted by atomic mass is 35.5. The maximum absolute atomic E-state index is 13.0. The normalized spacial score (nSPS) is 16.9. The number of hydrogen-bond acceptors (Lipinski definition) is 5. The number of rotatable bonds is 8. The quantitative estimate of drug-likeness (QED) is 0.612. The largest absolute Gasteiger partial charge is 0.468 e. The van der Waals surface area contributed by atoms with Gasteiger partial charge in [0, 0.05) is 37.7 Å². The Balaban J connectivity index is 1.53. The van der Waals surface area contributed by atoms with Gasteiger partial charge in [0.05, 0.1) is 13.2 Å². The zero-order valence-electron chi connectivity index (χ0n) is 18.4. The summed E-state index contributed by atoms with van der Waals surface area (Å²) in [5.74, 6) is -0.663. The van der Waals surface area contributed by atoms with Gasteiger partial charge in [-0.25, -0.2) is 9.18 Å². The lowest BCUT2D eigenvalue weighted by Gasteiger charge is -2.40. The molecule has 0 aromatic heterocycles. The van der Waals surface area contributed by atoms with Crippen LogP contribution in [0.15, 0.2) is 48.5 Å². The van der Waals surface area contributed by atoms with E-state index in [9.17, 15) is 14.0 Å². The lowest BCUT2D eigenvalue weighted by molar-refractivity contribution is -0.148. The highest BCUT2D eigenvalue weighted by molar-refractivity contribution is 6.31. The first-order valence-electron chi connectivity index (χ1n) is 10.7. The number of hydrogen-bond donors (Lipinski definition) is 1. The summed E-state index contributed by atoms with van der Waals surface area (Å²) in [6, 6.07) is 12.7. The minimum absolute atomic E-state index is 0.0452. The first-order valence-corrected chi connectivity index (χ1v) is 11.1. The lowest BCUT2D eigenvalue weighted by atomic mass is 10.0. The van der Waals surface area contributed by atoms with Gasteiger partial charge in [0.2, 0.25) is 5.91 Å². The number of amides is 1. The number of nitrogens with one attached hydrogen (secondary N) is 1. The molecule has 1 aliphatic rings. The van der Waals surface area contributed by atoms with Gasteiger partial charge in [-0.2, -0.15) is 0 Å². The molecule has 2 unspecified atom stereocenters. The van der Waals surface area contributed by atoms with E-state index in [2.05, 4.69) is 10.2 Å². The molecule has 0 saturated carbocycles. The first-order chi connectivity index (χ1) is 15.4. The highest BCUT2D eigenvalue weighted by Gasteiger charge is 2.34. The molecule has 6 nitrogen and oxygen atoms in total. The zero-order valence-corrected chi connectivity index (χ0v) is 19.1. The van der Waals surface area contributed by atoms with Crippen LogP contribution in [0, 0.1) is 5.82 Å². The van der Waals surface area contributed by atoms with Gasteiger partial charge in [-0.3, -0.25) is 14.6 Å². The molecule has 0 radical (unpaired) electrons. The van der Waals surface area contributed by atoms with Gasteiger partial charge in [0.25, 0.3) is 0 Å². The molecule has 1 heterocycles. The lowest BCUT2D eigenvalue weighted by Crippen LogP contribution is -2.55. The Morgan fingerprint density at radius 1 is 1.06 bits per heavy atom. The van der Waals surface area contributed by atoms with Gasteiger partial charge >= 0.3 is 5.97 Å². The number of esters is 1. The molecule has 172 valence electrons. The number of piperazine rings is 1. The van der Waals surface area contributed by atoms with Gasteiger partial charge in [-0.15, -0.1) is 0 Å². The molecular formula is C24H29ClFN3O3. The standard InChI is InChI=1S/C24H29ClFN3O3/c1-17(23(30)27-12-11-18-7-9-19(26)10-8-18)28-13-15-29(16-14-28)22(24(31)32-2)20-5-3-4-6-21(20)25/h3-10,17,22H,11-16H2,1-2H3,(H,27,30). The number of methoxy groups -OCH3 is 1. The third kappa shape index (κ3) is 6.06. The molecule has 1 amide bonds. The van der Waals surface area contributed by atoms with Crippen LogP contribution in [0.1, 0.15) is 24.1 Å². The third-order valence-electron chi connectivity index (χ3n) is 5.89. The van der Waals surface area contributed by atoms with Crippen LogP contribution in [-0.4, -0.2) is 67.6 Å². The number of benzene rings is 2. The van der Waals surface area contributed by atoms with Crippen molar-refractivity contribution in [2.45, 2.75) is 25.4 Å². The average Bonchev–Trinajstić information content (AvgIpc) is 2.81. The number of carbonyl (C=O) groups excluding carboxylic acids is 2. The fourth-order valence-corrected chi connectivity index (χ4v) is 4.20. The van der Waals surface area contributed by atoms with Crippen molar-refractivity contribution in [3.8, 4) is 0 Å².